The molecule has 0 aromatic heterocycles. The van der Waals surface area contributed by atoms with Gasteiger partial charge < -0.3 is 20.0 Å². The van der Waals surface area contributed by atoms with Crippen LogP contribution in [0.2, 0.25) is 0 Å². The minimum absolute atomic E-state index is 0. The summed E-state index contributed by atoms with van der Waals surface area (Å²) in [4.78, 5) is 26.4. The third kappa shape index (κ3) is 7.81. The summed E-state index contributed by atoms with van der Waals surface area (Å²) in [5, 5.41) is 17.9. The first kappa shape index (κ1) is 15.6. The van der Waals surface area contributed by atoms with Crippen molar-refractivity contribution in [2.45, 2.75) is 6.04 Å². The van der Waals surface area contributed by atoms with Crippen molar-refractivity contribution < 1.29 is 29.4 Å². The molecule has 0 aromatic rings. The molecule has 0 aromatic carbocycles. The number of hydrogen-bond donors (Lipinski definition) is 5. The quantitative estimate of drug-likeness (QED) is 0.263. The molecule has 9 heteroatoms. The Morgan fingerprint density at radius 2 is 1.92 bits per heavy atom. The second-order valence-corrected chi connectivity index (χ2v) is 3.09. The monoisotopic (exact) mass is 225 g/mol. The topological polar surface area (TPSA) is 127 Å². The zero-order valence-electron chi connectivity index (χ0n) is 5.34. The van der Waals surface area contributed by atoms with Gasteiger partial charge >= 0.3 is 65.1 Å². The molecule has 7 nitrogen and oxygen atoms in total. The van der Waals surface area contributed by atoms with Gasteiger partial charge in [0.05, 0.1) is 6.61 Å². The molecule has 12 heavy (non-hydrogen) atoms. The SMILES string of the molecule is O=C(O)C(CO)NP(=O)(O)O.[KH]. The van der Waals surface area contributed by atoms with E-state index in [1.165, 1.54) is 5.09 Å². The van der Waals surface area contributed by atoms with E-state index in [1.54, 1.807) is 0 Å². The molecule has 0 fully saturated rings. The number of aliphatic hydroxyl groups excluding tert-OH is 1. The van der Waals surface area contributed by atoms with Gasteiger partial charge in [0.15, 0.2) is 0 Å². The normalized spacial score (nSPS) is 13.2. The van der Waals surface area contributed by atoms with Gasteiger partial charge in [0.25, 0.3) is 0 Å². The molecule has 0 aliphatic carbocycles. The molecular formula is C3H9KNO6P. The molecule has 68 valence electrons. The van der Waals surface area contributed by atoms with E-state index in [1.807, 2.05) is 0 Å². The van der Waals surface area contributed by atoms with Crippen LogP contribution in [0.25, 0.3) is 0 Å². The molecule has 0 aliphatic rings. The van der Waals surface area contributed by atoms with E-state index in [9.17, 15) is 9.36 Å². The number of nitrogens with one attached hydrogen (secondary N) is 1. The van der Waals surface area contributed by atoms with Crippen molar-refractivity contribution in [1.29, 1.82) is 0 Å². The Bertz CT molecular complexity index is 191. The van der Waals surface area contributed by atoms with E-state index >= 15 is 0 Å². The first-order valence-corrected chi connectivity index (χ1v) is 4.15. The third-order valence-electron chi connectivity index (χ3n) is 0.805. The standard InChI is InChI=1S/C3H8NO6P.K.H/c5-1-2(3(6)7)4-11(8,9)10;;/h2,5H,1H2,(H,6,7)(H3,4,8,9,10);;. The van der Waals surface area contributed by atoms with Gasteiger partial charge in [0, 0.05) is 0 Å². The number of carboxylic acid groups (broad SMARTS) is 1. The van der Waals surface area contributed by atoms with Crippen molar-refractivity contribution >= 4 is 65.1 Å². The average Bonchev–Trinajstić information content (AvgIpc) is 1.80. The van der Waals surface area contributed by atoms with Gasteiger partial charge in [-0.3, -0.25) is 4.79 Å². The van der Waals surface area contributed by atoms with E-state index < -0.39 is 26.4 Å². The Kier molecular flexibility index (Phi) is 8.61. The summed E-state index contributed by atoms with van der Waals surface area (Å²) in [6.45, 7) is -0.875. The van der Waals surface area contributed by atoms with E-state index in [0.717, 1.165) is 0 Å². The van der Waals surface area contributed by atoms with Crippen LogP contribution >= 0.6 is 7.75 Å². The molecule has 0 rings (SSSR count). The third-order valence-corrected chi connectivity index (χ3v) is 1.45. The van der Waals surface area contributed by atoms with Crippen molar-refractivity contribution in [3.05, 3.63) is 0 Å². The van der Waals surface area contributed by atoms with Crippen molar-refractivity contribution in [2.24, 2.45) is 0 Å². The number of carboxylic acids is 1. The first-order chi connectivity index (χ1) is 4.87. The van der Waals surface area contributed by atoms with Crippen LogP contribution in [0, 0.1) is 0 Å². The average molecular weight is 225 g/mol. The van der Waals surface area contributed by atoms with Crippen LogP contribution in [0.5, 0.6) is 0 Å². The maximum atomic E-state index is 10.1. The zero-order chi connectivity index (χ0) is 9.07. The van der Waals surface area contributed by atoms with Crippen LogP contribution in [0.1, 0.15) is 0 Å². The molecular weight excluding hydrogens is 216 g/mol. The summed E-state index contributed by atoms with van der Waals surface area (Å²) < 4.78 is 10.1. The Balaban J connectivity index is 0. The first-order valence-electron chi connectivity index (χ1n) is 2.54. The summed E-state index contributed by atoms with van der Waals surface area (Å²) in [5.41, 5.74) is 0. The molecule has 0 saturated carbocycles. The molecule has 0 radical (unpaired) electrons. The fraction of sp³-hybridized carbons (Fsp3) is 0.667. The summed E-state index contributed by atoms with van der Waals surface area (Å²) >= 11 is 0. The van der Waals surface area contributed by atoms with Crippen molar-refractivity contribution in [2.75, 3.05) is 6.61 Å². The van der Waals surface area contributed by atoms with Gasteiger partial charge in [-0.2, -0.15) is 0 Å². The van der Waals surface area contributed by atoms with Gasteiger partial charge in [0.2, 0.25) is 0 Å². The van der Waals surface area contributed by atoms with Crippen molar-refractivity contribution in [3.63, 3.8) is 0 Å². The summed E-state index contributed by atoms with van der Waals surface area (Å²) in [5.74, 6) is -1.52. The predicted molar refractivity (Wildman–Crippen MR) is 40.8 cm³/mol. The molecule has 0 aliphatic heterocycles. The number of aliphatic carboxylic acids is 1. The van der Waals surface area contributed by atoms with E-state index in [-0.39, 0.29) is 51.4 Å². The van der Waals surface area contributed by atoms with Crippen LogP contribution in [0.4, 0.5) is 0 Å². The zero-order valence-corrected chi connectivity index (χ0v) is 6.23. The number of aliphatic hydroxyl groups is 1. The Labute approximate surface area is 111 Å². The fourth-order valence-corrected chi connectivity index (χ4v) is 0.975. The molecule has 0 bridgehead atoms. The molecule has 0 saturated heterocycles. The summed E-state index contributed by atoms with van der Waals surface area (Å²) in [7, 11) is -4.58. The van der Waals surface area contributed by atoms with Crippen molar-refractivity contribution in [1.82, 2.24) is 5.09 Å². The van der Waals surface area contributed by atoms with E-state index in [4.69, 9.17) is 20.0 Å². The van der Waals surface area contributed by atoms with E-state index in [0.29, 0.717) is 0 Å². The number of carbonyl (C=O) groups is 1. The molecule has 0 heterocycles. The maximum absolute atomic E-state index is 10.1. The van der Waals surface area contributed by atoms with Crippen molar-refractivity contribution in [3.8, 4) is 0 Å². The van der Waals surface area contributed by atoms with Gasteiger partial charge in [-0.15, -0.1) is 0 Å². The van der Waals surface area contributed by atoms with Crippen LogP contribution in [0.3, 0.4) is 0 Å². The van der Waals surface area contributed by atoms with Crippen LogP contribution in [-0.2, 0) is 9.36 Å². The van der Waals surface area contributed by atoms with Crippen LogP contribution < -0.4 is 5.09 Å². The molecule has 0 spiro atoms. The number of rotatable bonds is 4. The summed E-state index contributed by atoms with van der Waals surface area (Å²) in [6.07, 6.45) is 0. The van der Waals surface area contributed by atoms with Gasteiger partial charge in [-0.05, 0) is 0 Å². The van der Waals surface area contributed by atoms with E-state index in [2.05, 4.69) is 0 Å². The van der Waals surface area contributed by atoms with Crippen LogP contribution in [0.15, 0.2) is 0 Å². The predicted octanol–water partition coefficient (Wildman–Crippen LogP) is -2.53. The Morgan fingerprint density at radius 1 is 1.50 bits per heavy atom. The number of hydrogen-bond acceptors (Lipinski definition) is 3. The summed E-state index contributed by atoms with van der Waals surface area (Å²) in [6, 6.07) is -1.63. The minimum atomic E-state index is -4.58. The second kappa shape index (κ2) is 6.60. The Hall–Kier alpha value is 1.18. The van der Waals surface area contributed by atoms with Gasteiger partial charge in [0.1, 0.15) is 6.04 Å². The molecule has 1 atom stereocenters. The van der Waals surface area contributed by atoms with Gasteiger partial charge in [-0.1, -0.05) is 0 Å². The molecule has 5 N–H and O–H groups in total. The molecule has 0 amide bonds. The second-order valence-electron chi connectivity index (χ2n) is 1.75. The van der Waals surface area contributed by atoms with Crippen LogP contribution in [-0.4, -0.2) is 90.0 Å². The van der Waals surface area contributed by atoms with Gasteiger partial charge in [-0.25, -0.2) is 9.65 Å². The molecule has 1 unspecified atom stereocenters. The fourth-order valence-electron chi connectivity index (χ4n) is 0.377. The Morgan fingerprint density at radius 3 is 2.00 bits per heavy atom.